The molecule has 2 aromatic rings. The molecule has 0 unspecified atom stereocenters. The Balaban J connectivity index is 1.61. The molecule has 0 spiro atoms. The van der Waals surface area contributed by atoms with E-state index in [9.17, 15) is 24.3 Å². The number of carboxylic acid groups (broad SMARTS) is 1. The van der Waals surface area contributed by atoms with E-state index in [-0.39, 0.29) is 26.2 Å². The van der Waals surface area contributed by atoms with Crippen molar-refractivity contribution in [2.45, 2.75) is 36.1 Å². The molecule has 2 saturated heterocycles. The minimum atomic E-state index is -1.21. The molecule has 2 fully saturated rings. The van der Waals surface area contributed by atoms with Crippen molar-refractivity contribution in [3.63, 3.8) is 0 Å². The van der Waals surface area contributed by atoms with E-state index in [1.54, 1.807) is 31.2 Å². The molecule has 2 aliphatic heterocycles. The lowest BCUT2D eigenvalue weighted by atomic mass is 10.0. The minimum absolute atomic E-state index is 0.0522. The second-order valence-electron chi connectivity index (χ2n) is 9.18. The molecule has 202 valence electrons. The van der Waals surface area contributed by atoms with Crippen LogP contribution in [0, 0.1) is 0 Å². The second-order valence-corrected chi connectivity index (χ2v) is 9.95. The van der Waals surface area contributed by atoms with Gasteiger partial charge in [-0.05, 0) is 28.8 Å². The lowest BCUT2D eigenvalue weighted by molar-refractivity contribution is -0.189. The van der Waals surface area contributed by atoms with Gasteiger partial charge in [-0.25, -0.2) is 14.8 Å². The number of methoxy groups -OCH3 is 1. The highest BCUT2D eigenvalue weighted by Crippen LogP contribution is 2.29. The largest absolute Gasteiger partial charge is 0.497 e. The van der Waals surface area contributed by atoms with Gasteiger partial charge in [0.25, 0.3) is 0 Å². The number of piperazine rings is 1. The lowest BCUT2D eigenvalue weighted by Crippen LogP contribution is -2.76. The number of carboxylic acids is 1. The molecule has 0 saturated carbocycles. The number of hydrogen-bond acceptors (Lipinski definition) is 6. The first kappa shape index (κ1) is 27.6. The Hall–Kier alpha value is -3.39. The molecule has 12 heteroatoms. The van der Waals surface area contributed by atoms with E-state index in [0.29, 0.717) is 5.75 Å². The number of alkyl halides is 1. The van der Waals surface area contributed by atoms with Gasteiger partial charge in [-0.2, -0.15) is 0 Å². The summed E-state index contributed by atoms with van der Waals surface area (Å²) < 4.78 is 5.91. The van der Waals surface area contributed by atoms with Crippen molar-refractivity contribution in [2.24, 2.45) is 0 Å². The Morgan fingerprint density at radius 1 is 1.11 bits per heavy atom. The van der Waals surface area contributed by atoms with E-state index in [0.717, 1.165) is 21.1 Å². The van der Waals surface area contributed by atoms with Gasteiger partial charge in [0.15, 0.2) is 0 Å². The van der Waals surface area contributed by atoms with Crippen molar-refractivity contribution in [1.29, 1.82) is 0 Å². The maximum atomic E-state index is 13.5. The number of nitrogens with one attached hydrogen (secondary N) is 1. The topological polar surface area (TPSA) is 123 Å². The summed E-state index contributed by atoms with van der Waals surface area (Å²) in [4.78, 5) is 54.6. The number of amides is 4. The summed E-state index contributed by atoms with van der Waals surface area (Å²) in [6.07, 6.45) is -1.40. The Labute approximate surface area is 234 Å². The number of carbonyl (C=O) groups excluding carboxylic acids is 3. The molecule has 0 aromatic heterocycles. The van der Waals surface area contributed by atoms with E-state index < -0.39 is 42.4 Å². The fourth-order valence-corrected chi connectivity index (χ4v) is 5.61. The molecule has 4 rings (SSSR count). The molecule has 2 aliphatic rings. The summed E-state index contributed by atoms with van der Waals surface area (Å²) in [6.45, 7) is 0.375. The normalized spacial score (nSPS) is 19.8. The minimum Gasteiger partial charge on any atom is -0.497 e. The summed E-state index contributed by atoms with van der Waals surface area (Å²) in [6, 6.07) is 13.3. The van der Waals surface area contributed by atoms with Gasteiger partial charge < -0.3 is 25.0 Å². The number of hydrazine groups is 1. The Bertz CT molecular complexity index is 1210. The fraction of sp³-hybridized carbons (Fsp3) is 0.385. The third kappa shape index (κ3) is 5.85. The van der Waals surface area contributed by atoms with Gasteiger partial charge in [-0.1, -0.05) is 59.0 Å². The van der Waals surface area contributed by atoms with Crippen LogP contribution >= 0.6 is 22.6 Å². The van der Waals surface area contributed by atoms with Gasteiger partial charge in [-0.3, -0.25) is 14.4 Å². The molecular weight excluding hydrogens is 605 g/mol. The number of nitrogens with zero attached hydrogens (tertiary/aromatic N) is 4. The zero-order valence-corrected chi connectivity index (χ0v) is 23.3. The number of hydrogen-bond donors (Lipinski definition) is 2. The van der Waals surface area contributed by atoms with E-state index >= 15 is 0 Å². The lowest BCUT2D eigenvalue weighted by Gasteiger charge is -2.54. The fourth-order valence-electron chi connectivity index (χ4n) is 4.86. The molecule has 38 heavy (non-hydrogen) atoms. The molecule has 0 radical (unpaired) electrons. The predicted molar refractivity (Wildman–Crippen MR) is 146 cm³/mol. The maximum absolute atomic E-state index is 13.5. The van der Waals surface area contributed by atoms with Crippen LogP contribution in [0.1, 0.15) is 23.1 Å². The van der Waals surface area contributed by atoms with Crippen molar-refractivity contribution in [1.82, 2.24) is 25.1 Å². The van der Waals surface area contributed by atoms with Crippen molar-refractivity contribution in [2.75, 3.05) is 27.2 Å². The van der Waals surface area contributed by atoms with E-state index in [1.807, 2.05) is 36.4 Å². The summed E-state index contributed by atoms with van der Waals surface area (Å²) in [5.41, 5.74) is 2.85. The average Bonchev–Trinajstić information content (AvgIpc) is 2.90. The Morgan fingerprint density at radius 2 is 1.79 bits per heavy atom. The molecule has 11 nitrogen and oxygen atoms in total. The maximum Gasteiger partial charge on any atom is 0.334 e. The number of aliphatic carboxylic acids is 1. The van der Waals surface area contributed by atoms with Crippen LogP contribution < -0.4 is 10.1 Å². The molecule has 2 N–H and O–H groups in total. The quantitative estimate of drug-likeness (QED) is 0.337. The Kier molecular flexibility index (Phi) is 8.72. The number of rotatable bonds is 8. The van der Waals surface area contributed by atoms with Crippen LogP contribution in [0.25, 0.3) is 0 Å². The molecule has 0 aliphatic carbocycles. The van der Waals surface area contributed by atoms with Crippen LogP contribution in [0.4, 0.5) is 4.79 Å². The van der Waals surface area contributed by atoms with E-state index in [4.69, 9.17) is 4.74 Å². The van der Waals surface area contributed by atoms with Crippen molar-refractivity contribution < 1.29 is 29.0 Å². The van der Waals surface area contributed by atoms with Crippen molar-refractivity contribution in [3.8, 4) is 5.75 Å². The first-order valence-corrected chi connectivity index (χ1v) is 13.6. The van der Waals surface area contributed by atoms with Gasteiger partial charge in [0.1, 0.15) is 18.0 Å². The summed E-state index contributed by atoms with van der Waals surface area (Å²) >= 11 is 2.25. The zero-order chi connectivity index (χ0) is 27.4. The van der Waals surface area contributed by atoms with Crippen LogP contribution in [0.2, 0.25) is 0 Å². The highest BCUT2D eigenvalue weighted by Gasteiger charge is 2.51. The van der Waals surface area contributed by atoms with Gasteiger partial charge in [-0.15, -0.1) is 0 Å². The van der Waals surface area contributed by atoms with Crippen LogP contribution in [-0.2, 0) is 31.9 Å². The molecular formula is C26H30IN5O6. The molecule has 2 heterocycles. The number of carbonyl (C=O) groups is 4. The van der Waals surface area contributed by atoms with Crippen LogP contribution in [0.5, 0.6) is 5.75 Å². The molecule has 0 bridgehead atoms. The van der Waals surface area contributed by atoms with Crippen LogP contribution in [0.3, 0.4) is 0 Å². The number of urea groups is 1. The third-order valence-electron chi connectivity index (χ3n) is 6.74. The number of halogens is 1. The van der Waals surface area contributed by atoms with Gasteiger partial charge in [0, 0.05) is 24.6 Å². The van der Waals surface area contributed by atoms with Gasteiger partial charge in [0.2, 0.25) is 11.8 Å². The number of likely N-dealkylation sites (N-methyl/N-ethyl adjacent to an activating group) is 1. The van der Waals surface area contributed by atoms with Gasteiger partial charge >= 0.3 is 12.0 Å². The smallest absolute Gasteiger partial charge is 0.334 e. The van der Waals surface area contributed by atoms with E-state index in [2.05, 4.69) is 27.9 Å². The summed E-state index contributed by atoms with van der Waals surface area (Å²) in [5.74, 6) is -1.34. The third-order valence-corrected chi connectivity index (χ3v) is 7.56. The van der Waals surface area contributed by atoms with Crippen LogP contribution in [-0.4, -0.2) is 88.2 Å². The predicted octanol–water partition coefficient (Wildman–Crippen LogP) is 2.04. The highest BCUT2D eigenvalue weighted by molar-refractivity contribution is 14.1. The van der Waals surface area contributed by atoms with E-state index in [1.165, 1.54) is 14.9 Å². The van der Waals surface area contributed by atoms with Crippen LogP contribution in [0.15, 0.2) is 48.5 Å². The number of fused-ring (bicyclic) bond motifs is 1. The Morgan fingerprint density at radius 3 is 2.42 bits per heavy atom. The summed E-state index contributed by atoms with van der Waals surface area (Å²) in [5, 5.41) is 15.4. The molecule has 4 amide bonds. The van der Waals surface area contributed by atoms with Gasteiger partial charge in [0.05, 0.1) is 26.6 Å². The first-order valence-electron chi connectivity index (χ1n) is 12.1. The monoisotopic (exact) mass is 635 g/mol. The SMILES string of the molecule is COc1ccc(CNC(=O)N2[C@H]3CN(Cc4ccccc4CI)C(=O)[C@H](CC(=O)O)N3C(=O)CN2C)cc1. The zero-order valence-electron chi connectivity index (χ0n) is 21.2. The highest BCUT2D eigenvalue weighted by atomic mass is 127. The standard InChI is InChI=1S/C26H30IN5O6/c1-29-16-23(33)31-21(11-24(34)35)25(36)30(14-19-6-4-3-5-18(19)12-27)15-22(31)32(29)26(37)28-13-17-7-9-20(38-2)10-8-17/h3-10,21-22H,11-16H2,1-2H3,(H,28,37)(H,34,35)/t21-,22-/m0/s1. The second kappa shape index (κ2) is 12.0. The molecule has 2 aromatic carbocycles. The number of ether oxygens (including phenoxy) is 1. The average molecular weight is 635 g/mol. The van der Waals surface area contributed by atoms with Crippen molar-refractivity contribution in [3.05, 3.63) is 65.2 Å². The first-order chi connectivity index (χ1) is 18.2. The summed E-state index contributed by atoms with van der Waals surface area (Å²) in [7, 11) is 3.20. The number of benzene rings is 2. The van der Waals surface area contributed by atoms with Crippen molar-refractivity contribution >= 4 is 46.4 Å². The molecule has 2 atom stereocenters.